The van der Waals surface area contributed by atoms with Crippen LogP contribution < -0.4 is 4.74 Å². The van der Waals surface area contributed by atoms with Gasteiger partial charge in [0.1, 0.15) is 11.9 Å². The van der Waals surface area contributed by atoms with Crippen molar-refractivity contribution >= 4 is 5.91 Å². The van der Waals surface area contributed by atoms with Crippen molar-refractivity contribution in [3.63, 3.8) is 0 Å². The lowest BCUT2D eigenvalue weighted by Gasteiger charge is -2.18. The molecule has 0 N–H and O–H groups in total. The number of hydrogen-bond acceptors (Lipinski definition) is 6. The Balaban J connectivity index is 1.39. The van der Waals surface area contributed by atoms with E-state index in [1.807, 2.05) is 6.07 Å². The van der Waals surface area contributed by atoms with E-state index in [9.17, 15) is 23.2 Å². The van der Waals surface area contributed by atoms with Gasteiger partial charge in [0, 0.05) is 18.5 Å². The van der Waals surface area contributed by atoms with Crippen molar-refractivity contribution in [3.8, 4) is 23.2 Å². The first kappa shape index (κ1) is 20.4. The number of rotatable bonds is 4. The summed E-state index contributed by atoms with van der Waals surface area (Å²) in [4.78, 5) is 17.7. The lowest BCUT2D eigenvalue weighted by molar-refractivity contribution is -0.159. The summed E-state index contributed by atoms with van der Waals surface area (Å²) in [6.45, 7) is 0.852. The SMILES string of the molecule is N#Cc1ccccc1C(=O)N1CCC(Oc2ccc(-c3noc(C(F)(F)F)n3)cc2)C1. The summed E-state index contributed by atoms with van der Waals surface area (Å²) in [6, 6.07) is 14.9. The van der Waals surface area contributed by atoms with Crippen LogP contribution in [0.25, 0.3) is 11.4 Å². The number of carbonyl (C=O) groups is 1. The molecular weight excluding hydrogens is 413 g/mol. The molecule has 0 spiro atoms. The zero-order valence-electron chi connectivity index (χ0n) is 16.0. The summed E-state index contributed by atoms with van der Waals surface area (Å²) in [7, 11) is 0. The Morgan fingerprint density at radius 3 is 2.61 bits per heavy atom. The van der Waals surface area contributed by atoms with Crippen molar-refractivity contribution < 1.29 is 27.2 Å². The van der Waals surface area contributed by atoms with Gasteiger partial charge in [-0.3, -0.25) is 4.79 Å². The van der Waals surface area contributed by atoms with Crippen LogP contribution in [0.3, 0.4) is 0 Å². The number of aromatic nitrogens is 2. The Morgan fingerprint density at radius 2 is 1.94 bits per heavy atom. The van der Waals surface area contributed by atoms with E-state index < -0.39 is 12.1 Å². The molecule has 0 radical (unpaired) electrons. The topological polar surface area (TPSA) is 92.2 Å². The number of amides is 1. The highest BCUT2D eigenvalue weighted by Crippen LogP contribution is 2.30. The number of hydrogen-bond donors (Lipinski definition) is 0. The van der Waals surface area contributed by atoms with E-state index in [-0.39, 0.29) is 17.8 Å². The maximum Gasteiger partial charge on any atom is 0.471 e. The van der Waals surface area contributed by atoms with Crippen LogP contribution in [0, 0.1) is 11.3 Å². The van der Waals surface area contributed by atoms with Gasteiger partial charge in [0.25, 0.3) is 5.91 Å². The van der Waals surface area contributed by atoms with Gasteiger partial charge in [0.15, 0.2) is 0 Å². The lowest BCUT2D eigenvalue weighted by Crippen LogP contribution is -2.31. The second kappa shape index (κ2) is 8.10. The Bertz CT molecular complexity index is 1140. The quantitative estimate of drug-likeness (QED) is 0.626. The van der Waals surface area contributed by atoms with Crippen LogP contribution in [-0.4, -0.2) is 40.1 Å². The molecule has 1 saturated heterocycles. The van der Waals surface area contributed by atoms with E-state index in [4.69, 9.17) is 4.74 Å². The minimum absolute atomic E-state index is 0.173. The molecular formula is C21H15F3N4O3. The van der Waals surface area contributed by atoms with E-state index in [2.05, 4.69) is 14.7 Å². The number of ether oxygens (including phenoxy) is 1. The molecule has 2 aromatic carbocycles. The zero-order valence-corrected chi connectivity index (χ0v) is 16.0. The number of halogens is 3. The summed E-state index contributed by atoms with van der Waals surface area (Å²) in [5, 5.41) is 12.5. The molecule has 1 aromatic heterocycles. The third-order valence-corrected chi connectivity index (χ3v) is 4.79. The molecule has 2 heterocycles. The molecule has 1 amide bonds. The molecule has 1 fully saturated rings. The van der Waals surface area contributed by atoms with Gasteiger partial charge >= 0.3 is 12.1 Å². The molecule has 10 heteroatoms. The molecule has 1 aliphatic heterocycles. The standard InChI is InChI=1S/C21H15F3N4O3/c22-21(23,24)20-26-18(27-31-20)13-5-7-15(8-6-13)30-16-9-10-28(12-16)19(29)17-4-2-1-3-14(17)11-25/h1-8,16H,9-10,12H2. The monoisotopic (exact) mass is 428 g/mol. The van der Waals surface area contributed by atoms with Crippen LogP contribution in [0.15, 0.2) is 53.1 Å². The second-order valence-electron chi connectivity index (χ2n) is 6.88. The third-order valence-electron chi connectivity index (χ3n) is 4.79. The van der Waals surface area contributed by atoms with Crippen molar-refractivity contribution in [1.82, 2.24) is 15.0 Å². The maximum absolute atomic E-state index is 12.7. The van der Waals surface area contributed by atoms with Crippen molar-refractivity contribution in [2.75, 3.05) is 13.1 Å². The van der Waals surface area contributed by atoms with Gasteiger partial charge in [-0.1, -0.05) is 17.3 Å². The number of carbonyl (C=O) groups excluding carboxylic acids is 1. The van der Waals surface area contributed by atoms with E-state index in [1.54, 1.807) is 41.3 Å². The van der Waals surface area contributed by atoms with Gasteiger partial charge in [-0.05, 0) is 36.4 Å². The molecule has 1 aliphatic rings. The van der Waals surface area contributed by atoms with Crippen molar-refractivity contribution in [2.45, 2.75) is 18.7 Å². The van der Waals surface area contributed by atoms with Crippen LogP contribution in [0.1, 0.15) is 28.2 Å². The molecule has 1 unspecified atom stereocenters. The average molecular weight is 428 g/mol. The largest absolute Gasteiger partial charge is 0.489 e. The summed E-state index contributed by atoms with van der Waals surface area (Å²) in [6.07, 6.45) is -4.33. The van der Waals surface area contributed by atoms with Crippen LogP contribution in [0.5, 0.6) is 5.75 Å². The fourth-order valence-corrected chi connectivity index (χ4v) is 3.28. The summed E-state index contributed by atoms with van der Waals surface area (Å²) in [5.74, 6) is -1.31. The molecule has 1 atom stereocenters. The predicted octanol–water partition coefficient (Wildman–Crippen LogP) is 3.92. The molecule has 7 nitrogen and oxygen atoms in total. The van der Waals surface area contributed by atoms with Crippen LogP contribution in [0.2, 0.25) is 0 Å². The van der Waals surface area contributed by atoms with E-state index in [1.165, 1.54) is 12.1 Å². The Hall–Kier alpha value is -3.87. The summed E-state index contributed by atoms with van der Waals surface area (Å²) < 4.78 is 47.9. The maximum atomic E-state index is 12.7. The normalized spacial score (nSPS) is 16.2. The minimum atomic E-state index is -4.70. The van der Waals surface area contributed by atoms with Gasteiger partial charge in [-0.2, -0.15) is 23.4 Å². The van der Waals surface area contributed by atoms with Crippen molar-refractivity contribution in [2.24, 2.45) is 0 Å². The number of alkyl halides is 3. The van der Waals surface area contributed by atoms with Crippen molar-refractivity contribution in [1.29, 1.82) is 5.26 Å². The Morgan fingerprint density at radius 1 is 1.19 bits per heavy atom. The first-order valence-electron chi connectivity index (χ1n) is 9.31. The number of nitrogens with zero attached hydrogens (tertiary/aromatic N) is 4. The van der Waals surface area contributed by atoms with Crippen molar-refractivity contribution in [3.05, 3.63) is 65.5 Å². The smallest absolute Gasteiger partial charge is 0.471 e. The Labute approximate surface area is 174 Å². The van der Waals surface area contributed by atoms with Gasteiger partial charge in [0.2, 0.25) is 5.82 Å². The van der Waals surface area contributed by atoms with Crippen LogP contribution in [0.4, 0.5) is 13.2 Å². The number of likely N-dealkylation sites (tertiary alicyclic amines) is 1. The number of nitriles is 1. The average Bonchev–Trinajstić information content (AvgIpc) is 3.44. The fourth-order valence-electron chi connectivity index (χ4n) is 3.28. The van der Waals surface area contributed by atoms with Crippen LogP contribution >= 0.6 is 0 Å². The van der Waals surface area contributed by atoms with E-state index >= 15 is 0 Å². The first-order chi connectivity index (χ1) is 14.8. The lowest BCUT2D eigenvalue weighted by atomic mass is 10.1. The number of benzene rings is 2. The first-order valence-corrected chi connectivity index (χ1v) is 9.31. The predicted molar refractivity (Wildman–Crippen MR) is 101 cm³/mol. The van der Waals surface area contributed by atoms with Gasteiger partial charge in [-0.15, -0.1) is 0 Å². The molecule has 31 heavy (non-hydrogen) atoms. The van der Waals surface area contributed by atoms with Crippen LogP contribution in [-0.2, 0) is 6.18 Å². The highest BCUT2D eigenvalue weighted by molar-refractivity contribution is 5.96. The molecule has 3 aromatic rings. The third kappa shape index (κ3) is 4.35. The summed E-state index contributed by atoms with van der Waals surface area (Å²) >= 11 is 0. The molecule has 4 rings (SSSR count). The highest BCUT2D eigenvalue weighted by Gasteiger charge is 2.38. The molecule has 0 aliphatic carbocycles. The molecule has 0 bridgehead atoms. The van der Waals surface area contributed by atoms with E-state index in [0.29, 0.717) is 42.0 Å². The van der Waals surface area contributed by atoms with Gasteiger partial charge in [0.05, 0.1) is 23.7 Å². The second-order valence-corrected chi connectivity index (χ2v) is 6.88. The van der Waals surface area contributed by atoms with E-state index in [0.717, 1.165) is 0 Å². The zero-order chi connectivity index (χ0) is 22.0. The molecule has 0 saturated carbocycles. The minimum Gasteiger partial charge on any atom is -0.489 e. The highest BCUT2D eigenvalue weighted by atomic mass is 19.4. The summed E-state index contributed by atoms with van der Waals surface area (Å²) in [5.41, 5.74) is 1.03. The van der Waals surface area contributed by atoms with Gasteiger partial charge < -0.3 is 14.2 Å². The molecule has 158 valence electrons. The van der Waals surface area contributed by atoms with Gasteiger partial charge in [-0.25, -0.2) is 0 Å². The fraction of sp³-hybridized carbons (Fsp3) is 0.238. The Kier molecular flexibility index (Phi) is 5.33.